The van der Waals surface area contributed by atoms with Gasteiger partial charge in [-0.2, -0.15) is 0 Å². The maximum absolute atomic E-state index is 11.4. The highest BCUT2D eigenvalue weighted by molar-refractivity contribution is 9.11. The molecule has 0 amide bonds. The van der Waals surface area contributed by atoms with Gasteiger partial charge in [-0.25, -0.2) is 4.79 Å². The smallest absolute Gasteiger partial charge is 0.337 e. The van der Waals surface area contributed by atoms with Crippen LogP contribution < -0.4 is 0 Å². The lowest BCUT2D eigenvalue weighted by Crippen LogP contribution is -2.13. The number of methoxy groups -OCH3 is 1. The molecular formula is C11H10BrNO5. The van der Waals surface area contributed by atoms with Crippen LogP contribution in [0, 0.1) is 10.1 Å². The molecule has 96 valence electrons. The predicted molar refractivity (Wildman–Crippen MR) is 67.1 cm³/mol. The van der Waals surface area contributed by atoms with Crippen molar-refractivity contribution in [1.82, 2.24) is 0 Å². The molecule has 1 atom stereocenters. The molecule has 1 aromatic rings. The molecule has 0 aliphatic rings. The average molecular weight is 316 g/mol. The maximum Gasteiger partial charge on any atom is 0.337 e. The van der Waals surface area contributed by atoms with E-state index in [0.717, 1.165) is 7.11 Å². The fourth-order valence-corrected chi connectivity index (χ4v) is 1.82. The third kappa shape index (κ3) is 2.93. The maximum atomic E-state index is 11.4. The lowest BCUT2D eigenvalue weighted by molar-refractivity contribution is -0.386. The van der Waals surface area contributed by atoms with E-state index in [1.807, 2.05) is 0 Å². The van der Waals surface area contributed by atoms with Crippen LogP contribution in [0.25, 0.3) is 0 Å². The van der Waals surface area contributed by atoms with Gasteiger partial charge < -0.3 is 9.84 Å². The van der Waals surface area contributed by atoms with Crippen LogP contribution in [0.5, 0.6) is 0 Å². The van der Waals surface area contributed by atoms with E-state index in [2.05, 4.69) is 20.7 Å². The molecule has 1 unspecified atom stereocenters. The SMILES string of the molecule is COC(=O)/C(=C\Br)C(O)c1ccccc1[N+](=O)[O-]. The van der Waals surface area contributed by atoms with Gasteiger partial charge in [0.15, 0.2) is 0 Å². The summed E-state index contributed by atoms with van der Waals surface area (Å²) in [6.07, 6.45) is -1.43. The number of nitro benzene ring substituents is 1. The molecule has 0 saturated carbocycles. The lowest BCUT2D eigenvalue weighted by atomic mass is 10.0. The second-order valence-corrected chi connectivity index (χ2v) is 3.73. The van der Waals surface area contributed by atoms with Gasteiger partial charge in [0.1, 0.15) is 6.10 Å². The van der Waals surface area contributed by atoms with Crippen molar-refractivity contribution in [2.75, 3.05) is 7.11 Å². The molecule has 0 saturated heterocycles. The molecule has 7 heteroatoms. The Balaban J connectivity index is 3.22. The molecule has 1 aromatic carbocycles. The molecular weight excluding hydrogens is 306 g/mol. The molecule has 18 heavy (non-hydrogen) atoms. The van der Waals surface area contributed by atoms with Gasteiger partial charge in [-0.05, 0) is 11.1 Å². The zero-order valence-corrected chi connectivity index (χ0v) is 11.0. The van der Waals surface area contributed by atoms with Crippen molar-refractivity contribution in [3.8, 4) is 0 Å². The van der Waals surface area contributed by atoms with Crippen molar-refractivity contribution in [3.63, 3.8) is 0 Å². The number of aliphatic hydroxyl groups excluding tert-OH is 1. The summed E-state index contributed by atoms with van der Waals surface area (Å²) in [5.74, 6) is -0.766. The first-order valence-electron chi connectivity index (χ1n) is 4.83. The first-order valence-corrected chi connectivity index (χ1v) is 5.74. The summed E-state index contributed by atoms with van der Waals surface area (Å²) >= 11 is 2.92. The van der Waals surface area contributed by atoms with E-state index in [1.54, 1.807) is 0 Å². The molecule has 0 aliphatic heterocycles. The topological polar surface area (TPSA) is 89.7 Å². The average Bonchev–Trinajstić information content (AvgIpc) is 2.39. The number of benzene rings is 1. The second kappa shape index (κ2) is 6.27. The number of carbonyl (C=O) groups is 1. The number of rotatable bonds is 4. The molecule has 0 heterocycles. The molecule has 0 aliphatic carbocycles. The van der Waals surface area contributed by atoms with Crippen molar-refractivity contribution in [1.29, 1.82) is 0 Å². The molecule has 0 fully saturated rings. The minimum Gasteiger partial charge on any atom is -0.466 e. The van der Waals surface area contributed by atoms with Gasteiger partial charge in [0.2, 0.25) is 0 Å². The fraction of sp³-hybridized carbons (Fsp3) is 0.182. The number of esters is 1. The lowest BCUT2D eigenvalue weighted by Gasteiger charge is -2.12. The van der Waals surface area contributed by atoms with Crippen LogP contribution >= 0.6 is 15.9 Å². The Morgan fingerprint density at radius 3 is 2.67 bits per heavy atom. The van der Waals surface area contributed by atoms with Gasteiger partial charge in [0.25, 0.3) is 5.69 Å². The van der Waals surface area contributed by atoms with Gasteiger partial charge in [-0.3, -0.25) is 10.1 Å². The van der Waals surface area contributed by atoms with Crippen LogP contribution in [0.2, 0.25) is 0 Å². The standard InChI is InChI=1S/C11H10BrNO5/c1-18-11(15)8(6-12)10(14)7-4-2-3-5-9(7)13(16)17/h2-6,10,14H,1H3/b8-6-. The van der Waals surface area contributed by atoms with Crippen LogP contribution in [0.3, 0.4) is 0 Å². The van der Waals surface area contributed by atoms with Crippen molar-refractivity contribution in [3.05, 3.63) is 50.5 Å². The zero-order chi connectivity index (χ0) is 13.7. The fourth-order valence-electron chi connectivity index (χ4n) is 1.39. The number of hydrogen-bond donors (Lipinski definition) is 1. The van der Waals surface area contributed by atoms with Crippen LogP contribution in [-0.4, -0.2) is 23.1 Å². The summed E-state index contributed by atoms with van der Waals surface area (Å²) in [5.41, 5.74) is -0.355. The summed E-state index contributed by atoms with van der Waals surface area (Å²) in [7, 11) is 1.16. The quantitative estimate of drug-likeness (QED) is 0.397. The van der Waals surface area contributed by atoms with Crippen LogP contribution in [0.4, 0.5) is 5.69 Å². The summed E-state index contributed by atoms with van der Waals surface area (Å²) in [4.78, 5) is 22.8. The van der Waals surface area contributed by atoms with E-state index in [-0.39, 0.29) is 16.8 Å². The van der Waals surface area contributed by atoms with Gasteiger partial charge in [-0.1, -0.05) is 28.1 Å². The van der Waals surface area contributed by atoms with Gasteiger partial charge in [-0.15, -0.1) is 0 Å². The second-order valence-electron chi connectivity index (χ2n) is 3.27. The molecule has 1 N–H and O–H groups in total. The Hall–Kier alpha value is -1.73. The minimum atomic E-state index is -1.43. The Morgan fingerprint density at radius 2 is 2.17 bits per heavy atom. The van der Waals surface area contributed by atoms with Crippen molar-refractivity contribution < 1.29 is 19.6 Å². The number of carbonyl (C=O) groups excluding carboxylic acids is 1. The van der Waals surface area contributed by atoms with E-state index >= 15 is 0 Å². The van der Waals surface area contributed by atoms with Gasteiger partial charge >= 0.3 is 5.97 Å². The van der Waals surface area contributed by atoms with E-state index in [1.165, 1.54) is 29.3 Å². The van der Waals surface area contributed by atoms with E-state index in [4.69, 9.17) is 0 Å². The Labute approximate surface area is 111 Å². The van der Waals surface area contributed by atoms with Crippen molar-refractivity contribution in [2.45, 2.75) is 6.10 Å². The highest BCUT2D eigenvalue weighted by Crippen LogP contribution is 2.30. The number of halogens is 1. The molecule has 6 nitrogen and oxygen atoms in total. The zero-order valence-electron chi connectivity index (χ0n) is 9.37. The number of nitrogens with zero attached hydrogens (tertiary/aromatic N) is 1. The number of hydrogen-bond acceptors (Lipinski definition) is 5. The highest BCUT2D eigenvalue weighted by atomic mass is 79.9. The monoisotopic (exact) mass is 315 g/mol. The van der Waals surface area contributed by atoms with E-state index < -0.39 is 17.0 Å². The Morgan fingerprint density at radius 1 is 1.56 bits per heavy atom. The molecule has 1 rings (SSSR count). The third-order valence-corrected chi connectivity index (χ3v) is 2.75. The highest BCUT2D eigenvalue weighted by Gasteiger charge is 2.26. The third-order valence-electron chi connectivity index (χ3n) is 2.26. The number of ether oxygens (including phenoxy) is 1. The summed E-state index contributed by atoms with van der Waals surface area (Å²) in [6, 6.07) is 5.64. The van der Waals surface area contributed by atoms with Gasteiger partial charge in [0.05, 0.1) is 23.2 Å². The molecule has 0 radical (unpaired) electrons. The van der Waals surface area contributed by atoms with E-state index in [0.29, 0.717) is 0 Å². The van der Waals surface area contributed by atoms with Crippen LogP contribution in [0.1, 0.15) is 11.7 Å². The summed E-state index contributed by atoms with van der Waals surface area (Å²) in [5, 5.41) is 20.8. The Bertz CT molecular complexity index is 500. The Kier molecular flexibility index (Phi) is 4.99. The summed E-state index contributed by atoms with van der Waals surface area (Å²) in [6.45, 7) is 0. The summed E-state index contributed by atoms with van der Waals surface area (Å²) < 4.78 is 4.48. The van der Waals surface area contributed by atoms with E-state index in [9.17, 15) is 20.0 Å². The molecule has 0 bridgehead atoms. The number of para-hydroxylation sites is 1. The largest absolute Gasteiger partial charge is 0.466 e. The normalized spacial score (nSPS) is 12.9. The molecule has 0 spiro atoms. The first kappa shape index (κ1) is 14.3. The number of aliphatic hydroxyl groups is 1. The minimum absolute atomic E-state index is 0.0265. The molecule has 0 aromatic heterocycles. The number of nitro groups is 1. The van der Waals surface area contributed by atoms with Crippen LogP contribution in [-0.2, 0) is 9.53 Å². The van der Waals surface area contributed by atoms with Crippen LogP contribution in [0.15, 0.2) is 34.8 Å². The predicted octanol–water partition coefficient (Wildman–Crippen LogP) is 2.08. The first-order chi connectivity index (χ1) is 8.52. The van der Waals surface area contributed by atoms with Crippen molar-refractivity contribution >= 4 is 27.6 Å². The van der Waals surface area contributed by atoms with Crippen molar-refractivity contribution in [2.24, 2.45) is 0 Å². The van der Waals surface area contributed by atoms with Gasteiger partial charge in [0, 0.05) is 6.07 Å².